The molecule has 3 rings (SSSR count). The van der Waals surface area contributed by atoms with Crippen molar-refractivity contribution in [3.63, 3.8) is 0 Å². The van der Waals surface area contributed by atoms with Gasteiger partial charge in [-0.15, -0.1) is 0 Å². The summed E-state index contributed by atoms with van der Waals surface area (Å²) >= 11 is 0. The van der Waals surface area contributed by atoms with Gasteiger partial charge in [-0.2, -0.15) is 5.10 Å². The van der Waals surface area contributed by atoms with Crippen molar-refractivity contribution < 1.29 is 9.59 Å². The van der Waals surface area contributed by atoms with E-state index < -0.39 is 6.04 Å². The summed E-state index contributed by atoms with van der Waals surface area (Å²) in [5.41, 5.74) is 11.3. The molecule has 0 radical (unpaired) electrons. The van der Waals surface area contributed by atoms with Crippen LogP contribution in [0, 0.1) is 25.7 Å². The number of carbonyl (C=O) groups is 2. The fraction of sp³-hybridized carbons (Fsp3) is 0.500. The Bertz CT molecular complexity index is 1020. The van der Waals surface area contributed by atoms with Crippen LogP contribution in [0.5, 0.6) is 0 Å². The van der Waals surface area contributed by atoms with Crippen molar-refractivity contribution in [3.05, 3.63) is 47.9 Å². The number of H-pyrrole nitrogens is 1. The van der Waals surface area contributed by atoms with E-state index in [4.69, 9.17) is 5.73 Å². The van der Waals surface area contributed by atoms with Crippen LogP contribution in [0.15, 0.2) is 41.5 Å². The van der Waals surface area contributed by atoms with Crippen LogP contribution in [0.25, 0.3) is 11.1 Å². The van der Waals surface area contributed by atoms with Crippen molar-refractivity contribution in [1.29, 1.82) is 0 Å². The summed E-state index contributed by atoms with van der Waals surface area (Å²) in [5, 5.41) is 13.1. The van der Waals surface area contributed by atoms with Crippen LogP contribution in [0.4, 0.5) is 5.69 Å². The zero-order valence-electron chi connectivity index (χ0n) is 22.5. The first-order chi connectivity index (χ1) is 17.2. The number of nitrogens with zero attached hydrogens (tertiary/aromatic N) is 2. The van der Waals surface area contributed by atoms with Gasteiger partial charge < -0.3 is 21.2 Å². The largest absolute Gasteiger partial charge is 0.405 e. The van der Waals surface area contributed by atoms with Gasteiger partial charge in [-0.1, -0.05) is 25.5 Å². The molecule has 1 aliphatic rings. The minimum Gasteiger partial charge on any atom is -0.405 e. The highest BCUT2D eigenvalue weighted by Gasteiger charge is 2.36. The van der Waals surface area contributed by atoms with E-state index in [1.54, 1.807) is 0 Å². The Morgan fingerprint density at radius 1 is 1.25 bits per heavy atom. The Kier molecular flexibility index (Phi) is 11.4. The van der Waals surface area contributed by atoms with Crippen LogP contribution in [0.1, 0.15) is 57.8 Å². The lowest BCUT2D eigenvalue weighted by Gasteiger charge is -2.23. The van der Waals surface area contributed by atoms with E-state index in [0.717, 1.165) is 49.0 Å². The number of carbonyl (C=O) groups excluding carboxylic acids is 2. The lowest BCUT2D eigenvalue weighted by atomic mass is 9.90. The van der Waals surface area contributed by atoms with Crippen LogP contribution in [-0.4, -0.2) is 47.2 Å². The second-order valence-electron chi connectivity index (χ2n) is 9.53. The smallest absolute Gasteiger partial charge is 0.270 e. The first kappa shape index (κ1) is 28.8. The van der Waals surface area contributed by atoms with Crippen LogP contribution in [0.2, 0.25) is 0 Å². The van der Waals surface area contributed by atoms with Gasteiger partial charge in [0.15, 0.2) is 0 Å². The molecule has 0 saturated heterocycles. The van der Waals surface area contributed by atoms with Crippen LogP contribution < -0.4 is 16.4 Å². The number of aromatic nitrogens is 2. The highest BCUT2D eigenvalue weighted by molar-refractivity contribution is 6.43. The number of benzene rings is 1. The molecule has 2 unspecified atom stereocenters. The molecule has 8 nitrogen and oxygen atoms in total. The summed E-state index contributed by atoms with van der Waals surface area (Å²) in [6, 6.07) is 7.91. The molecule has 1 aromatic heterocycles. The standard InChI is InChI=1S/C16H27N3O2.C12H15N3/c1-4-5-13(12-6-7-12)15(10-20)19-16(21)14(8-9-17)18-11(2)3;1-8-12(9(2)15-14-8)10-4-6-11(13-3)7-5-10/h8-13,15H,4-7,17H2,1-3H3,(H,19,21);4-7,13H,1-3H3,(H,14,15)/b9-8-,18-14?;. The van der Waals surface area contributed by atoms with E-state index in [2.05, 4.69) is 57.0 Å². The monoisotopic (exact) mass is 494 g/mol. The highest BCUT2D eigenvalue weighted by Crippen LogP contribution is 2.40. The Balaban J connectivity index is 0.000000267. The summed E-state index contributed by atoms with van der Waals surface area (Å²) < 4.78 is 0. The van der Waals surface area contributed by atoms with Crippen molar-refractivity contribution in [2.45, 2.75) is 72.4 Å². The molecule has 0 spiro atoms. The van der Waals surface area contributed by atoms with Gasteiger partial charge in [-0.05, 0) is 88.8 Å². The van der Waals surface area contributed by atoms with E-state index in [1.807, 2.05) is 34.7 Å². The number of rotatable bonds is 11. The molecule has 0 bridgehead atoms. The minimum atomic E-state index is -0.437. The van der Waals surface area contributed by atoms with Gasteiger partial charge in [0.2, 0.25) is 0 Å². The third-order valence-electron chi connectivity index (χ3n) is 6.23. The molecular weight excluding hydrogens is 452 g/mol. The van der Waals surface area contributed by atoms with Gasteiger partial charge in [0.1, 0.15) is 12.0 Å². The number of nitrogens with two attached hydrogens (primary N) is 1. The number of aldehydes is 1. The van der Waals surface area contributed by atoms with Gasteiger partial charge >= 0.3 is 0 Å². The topological polar surface area (TPSA) is 125 Å². The fourth-order valence-electron chi connectivity index (χ4n) is 4.36. The highest BCUT2D eigenvalue weighted by atomic mass is 16.2. The first-order valence-electron chi connectivity index (χ1n) is 12.8. The molecule has 196 valence electrons. The number of aromatic amines is 1. The number of aliphatic imine (C=N–C) groups is 1. The average Bonchev–Trinajstić information content (AvgIpc) is 3.65. The number of hydrogen-bond donors (Lipinski definition) is 4. The fourth-order valence-corrected chi connectivity index (χ4v) is 4.36. The summed E-state index contributed by atoms with van der Waals surface area (Å²) in [7, 11) is 1.92. The number of aryl methyl sites for hydroxylation is 2. The zero-order valence-corrected chi connectivity index (χ0v) is 22.5. The van der Waals surface area contributed by atoms with Crippen molar-refractivity contribution in [3.8, 4) is 11.1 Å². The third kappa shape index (κ3) is 8.36. The van der Waals surface area contributed by atoms with Gasteiger partial charge in [-0.25, -0.2) is 0 Å². The van der Waals surface area contributed by atoms with Crippen molar-refractivity contribution in [2.75, 3.05) is 12.4 Å². The number of nitrogens with one attached hydrogen (secondary N) is 3. The normalized spacial score (nSPS) is 15.2. The van der Waals surface area contributed by atoms with E-state index in [0.29, 0.717) is 5.92 Å². The number of anilines is 1. The summed E-state index contributed by atoms with van der Waals surface area (Å²) in [6.07, 6.45) is 7.90. The maximum atomic E-state index is 12.3. The van der Waals surface area contributed by atoms with Gasteiger partial charge in [-0.3, -0.25) is 14.9 Å². The summed E-state index contributed by atoms with van der Waals surface area (Å²) in [5.74, 6) is 0.471. The Labute approximate surface area is 215 Å². The molecule has 5 N–H and O–H groups in total. The molecule has 2 atom stereocenters. The predicted molar refractivity (Wildman–Crippen MR) is 148 cm³/mol. The average molecular weight is 495 g/mol. The lowest BCUT2D eigenvalue weighted by molar-refractivity contribution is -0.120. The van der Waals surface area contributed by atoms with Crippen LogP contribution in [-0.2, 0) is 9.59 Å². The first-order valence-corrected chi connectivity index (χ1v) is 12.8. The molecule has 2 aromatic rings. The Morgan fingerprint density at radius 3 is 2.36 bits per heavy atom. The van der Waals surface area contributed by atoms with Crippen LogP contribution in [0.3, 0.4) is 0 Å². The summed E-state index contributed by atoms with van der Waals surface area (Å²) in [6.45, 7) is 9.94. The molecule has 1 aliphatic carbocycles. The second kappa shape index (κ2) is 14.2. The van der Waals surface area contributed by atoms with E-state index in [9.17, 15) is 9.59 Å². The van der Waals surface area contributed by atoms with Gasteiger partial charge in [0.05, 0.1) is 11.7 Å². The van der Waals surface area contributed by atoms with Gasteiger partial charge in [0.25, 0.3) is 5.91 Å². The summed E-state index contributed by atoms with van der Waals surface area (Å²) in [4.78, 5) is 27.9. The van der Waals surface area contributed by atoms with Crippen molar-refractivity contribution in [2.24, 2.45) is 22.6 Å². The Morgan fingerprint density at radius 2 is 1.92 bits per heavy atom. The molecule has 1 saturated carbocycles. The molecule has 36 heavy (non-hydrogen) atoms. The Hall–Kier alpha value is -3.42. The SMILES string of the molecule is CCCC(C1CC1)C(C=O)NC(=O)C(/C=C\N)=NC(C)C.CNc1ccc(-c2c(C)n[nH]c2C)cc1. The van der Waals surface area contributed by atoms with Crippen LogP contribution >= 0.6 is 0 Å². The number of hydrogen-bond acceptors (Lipinski definition) is 6. The van der Waals surface area contributed by atoms with Gasteiger partial charge in [0, 0.05) is 30.0 Å². The molecule has 8 heteroatoms. The molecule has 1 aromatic carbocycles. The van der Waals surface area contributed by atoms with Crippen molar-refractivity contribution in [1.82, 2.24) is 15.5 Å². The molecule has 1 fully saturated rings. The second-order valence-corrected chi connectivity index (χ2v) is 9.53. The molecular formula is C28H42N6O2. The minimum absolute atomic E-state index is 0.00787. The maximum absolute atomic E-state index is 12.3. The van der Waals surface area contributed by atoms with E-state index in [-0.39, 0.29) is 23.6 Å². The third-order valence-corrected chi connectivity index (χ3v) is 6.23. The van der Waals surface area contributed by atoms with E-state index >= 15 is 0 Å². The zero-order chi connectivity index (χ0) is 26.7. The lowest BCUT2D eigenvalue weighted by Crippen LogP contribution is -2.45. The van der Waals surface area contributed by atoms with E-state index in [1.165, 1.54) is 23.4 Å². The molecule has 1 heterocycles. The molecule has 1 amide bonds. The quantitative estimate of drug-likeness (QED) is 0.269. The maximum Gasteiger partial charge on any atom is 0.270 e. The predicted octanol–water partition coefficient (Wildman–Crippen LogP) is 4.55. The number of amides is 1. The molecule has 0 aliphatic heterocycles. The van der Waals surface area contributed by atoms with Crippen molar-refractivity contribution >= 4 is 23.6 Å².